The number of ether oxygens (including phenoxy) is 1. The summed E-state index contributed by atoms with van der Waals surface area (Å²) in [4.78, 5) is 8.21. The van der Waals surface area contributed by atoms with Crippen molar-refractivity contribution < 1.29 is 4.74 Å². The van der Waals surface area contributed by atoms with Crippen LogP contribution in [0.1, 0.15) is 25.8 Å². The molecule has 0 aliphatic rings. The highest BCUT2D eigenvalue weighted by Gasteiger charge is 2.17. The average Bonchev–Trinajstić information content (AvgIpc) is 2.09. The molecule has 0 spiro atoms. The fourth-order valence-electron chi connectivity index (χ4n) is 1.14. The van der Waals surface area contributed by atoms with Gasteiger partial charge in [-0.05, 0) is 5.92 Å². The van der Waals surface area contributed by atoms with Crippen LogP contribution in [0.15, 0.2) is 12.4 Å². The number of methoxy groups -OCH3 is 1. The average molecular weight is 201 g/mol. The first-order valence-corrected chi connectivity index (χ1v) is 4.53. The van der Waals surface area contributed by atoms with Crippen molar-refractivity contribution in [3.05, 3.63) is 23.2 Å². The van der Waals surface area contributed by atoms with Crippen molar-refractivity contribution in [2.75, 3.05) is 7.11 Å². The summed E-state index contributed by atoms with van der Waals surface area (Å²) in [7, 11) is 1.66. The fourth-order valence-corrected chi connectivity index (χ4v) is 1.24. The van der Waals surface area contributed by atoms with Crippen molar-refractivity contribution in [3.63, 3.8) is 0 Å². The second-order valence-electron chi connectivity index (χ2n) is 3.16. The third-order valence-corrected chi connectivity index (χ3v) is 1.95. The molecule has 72 valence electrons. The van der Waals surface area contributed by atoms with E-state index in [0.29, 0.717) is 16.8 Å². The van der Waals surface area contributed by atoms with Gasteiger partial charge in [-0.3, -0.25) is 0 Å². The zero-order valence-corrected chi connectivity index (χ0v) is 8.75. The van der Waals surface area contributed by atoms with E-state index in [1.165, 1.54) is 0 Å². The Hall–Kier alpha value is -0.670. The monoisotopic (exact) mass is 200 g/mol. The van der Waals surface area contributed by atoms with E-state index in [0.717, 1.165) is 0 Å². The van der Waals surface area contributed by atoms with Gasteiger partial charge < -0.3 is 4.74 Å². The van der Waals surface area contributed by atoms with Gasteiger partial charge in [0.25, 0.3) is 0 Å². The van der Waals surface area contributed by atoms with Crippen molar-refractivity contribution in [1.82, 2.24) is 9.97 Å². The molecule has 1 aromatic rings. The highest BCUT2D eigenvalue weighted by Crippen LogP contribution is 2.21. The first-order chi connectivity index (χ1) is 6.15. The normalized spacial score (nSPS) is 13.3. The van der Waals surface area contributed by atoms with Gasteiger partial charge >= 0.3 is 0 Å². The van der Waals surface area contributed by atoms with E-state index >= 15 is 0 Å². The smallest absolute Gasteiger partial charge is 0.157 e. The summed E-state index contributed by atoms with van der Waals surface area (Å²) in [6.45, 7) is 4.12. The molecule has 0 fully saturated rings. The first-order valence-electron chi connectivity index (χ1n) is 4.15. The SMILES string of the molecule is CO[C@H](c1ncc(Cl)cn1)C(C)C. The lowest BCUT2D eigenvalue weighted by molar-refractivity contribution is 0.0574. The van der Waals surface area contributed by atoms with Crippen LogP contribution in [0.4, 0.5) is 0 Å². The minimum atomic E-state index is -0.0581. The Balaban J connectivity index is 2.86. The summed E-state index contributed by atoms with van der Waals surface area (Å²) >= 11 is 5.67. The number of rotatable bonds is 3. The zero-order valence-electron chi connectivity index (χ0n) is 7.99. The summed E-state index contributed by atoms with van der Waals surface area (Å²) < 4.78 is 5.27. The molecule has 0 amide bonds. The van der Waals surface area contributed by atoms with Gasteiger partial charge in [0.05, 0.1) is 5.02 Å². The molecule has 0 N–H and O–H groups in total. The lowest BCUT2D eigenvalue weighted by Gasteiger charge is -2.16. The van der Waals surface area contributed by atoms with E-state index in [2.05, 4.69) is 23.8 Å². The number of aromatic nitrogens is 2. The van der Waals surface area contributed by atoms with E-state index < -0.39 is 0 Å². The van der Waals surface area contributed by atoms with Crippen LogP contribution in [0.25, 0.3) is 0 Å². The molecule has 13 heavy (non-hydrogen) atoms. The summed E-state index contributed by atoms with van der Waals surface area (Å²) in [5.74, 6) is 1.04. The Morgan fingerprint density at radius 2 is 1.85 bits per heavy atom. The van der Waals surface area contributed by atoms with Crippen molar-refractivity contribution in [1.29, 1.82) is 0 Å². The third-order valence-electron chi connectivity index (χ3n) is 1.75. The predicted molar refractivity (Wildman–Crippen MR) is 51.6 cm³/mol. The van der Waals surface area contributed by atoms with Crippen LogP contribution in [-0.4, -0.2) is 17.1 Å². The van der Waals surface area contributed by atoms with E-state index in [1.807, 2.05) is 0 Å². The Morgan fingerprint density at radius 3 is 2.23 bits per heavy atom. The topological polar surface area (TPSA) is 35.0 Å². The van der Waals surface area contributed by atoms with Crippen molar-refractivity contribution in [3.8, 4) is 0 Å². The maximum Gasteiger partial charge on any atom is 0.157 e. The molecule has 1 rings (SSSR count). The van der Waals surface area contributed by atoms with E-state index in [-0.39, 0.29) is 6.10 Å². The van der Waals surface area contributed by atoms with Gasteiger partial charge in [-0.1, -0.05) is 25.4 Å². The number of halogens is 1. The molecular formula is C9H13ClN2O. The van der Waals surface area contributed by atoms with Crippen LogP contribution in [0.2, 0.25) is 5.02 Å². The molecule has 3 nitrogen and oxygen atoms in total. The van der Waals surface area contributed by atoms with Gasteiger partial charge in [0.2, 0.25) is 0 Å². The van der Waals surface area contributed by atoms with Crippen LogP contribution >= 0.6 is 11.6 Å². The molecule has 4 heteroatoms. The van der Waals surface area contributed by atoms with Gasteiger partial charge in [0.1, 0.15) is 6.10 Å². The summed E-state index contributed by atoms with van der Waals surface area (Å²) in [6.07, 6.45) is 3.11. The molecule has 0 radical (unpaired) electrons. The molecule has 0 saturated heterocycles. The minimum Gasteiger partial charge on any atom is -0.373 e. The standard InChI is InChI=1S/C9H13ClN2O/c1-6(2)8(13-3)9-11-4-7(10)5-12-9/h4-6,8H,1-3H3/t8-/m0/s1. The third kappa shape index (κ3) is 2.64. The van der Waals surface area contributed by atoms with E-state index in [9.17, 15) is 0 Å². The van der Waals surface area contributed by atoms with Crippen molar-refractivity contribution in [2.45, 2.75) is 20.0 Å². The summed E-state index contributed by atoms with van der Waals surface area (Å²) in [5.41, 5.74) is 0. The molecule has 0 aromatic carbocycles. The quantitative estimate of drug-likeness (QED) is 0.752. The van der Waals surface area contributed by atoms with Crippen LogP contribution in [0.5, 0.6) is 0 Å². The van der Waals surface area contributed by atoms with Crippen LogP contribution < -0.4 is 0 Å². The zero-order chi connectivity index (χ0) is 9.84. The fraction of sp³-hybridized carbons (Fsp3) is 0.556. The summed E-state index contributed by atoms with van der Waals surface area (Å²) in [6, 6.07) is 0. The van der Waals surface area contributed by atoms with Crippen LogP contribution in [-0.2, 0) is 4.74 Å². The van der Waals surface area contributed by atoms with Crippen molar-refractivity contribution in [2.24, 2.45) is 5.92 Å². The number of hydrogen-bond acceptors (Lipinski definition) is 3. The maximum absolute atomic E-state index is 5.67. The molecule has 0 aliphatic carbocycles. The molecule has 0 bridgehead atoms. The number of hydrogen-bond donors (Lipinski definition) is 0. The molecule has 1 aromatic heterocycles. The Morgan fingerprint density at radius 1 is 1.31 bits per heavy atom. The van der Waals surface area contributed by atoms with E-state index in [1.54, 1.807) is 19.5 Å². The van der Waals surface area contributed by atoms with Crippen LogP contribution in [0, 0.1) is 5.92 Å². The molecular weight excluding hydrogens is 188 g/mol. The van der Waals surface area contributed by atoms with Gasteiger partial charge in [-0.2, -0.15) is 0 Å². The highest BCUT2D eigenvalue weighted by molar-refractivity contribution is 6.30. The van der Waals surface area contributed by atoms with Gasteiger partial charge in [0.15, 0.2) is 5.82 Å². The van der Waals surface area contributed by atoms with Crippen LogP contribution in [0.3, 0.4) is 0 Å². The molecule has 1 heterocycles. The summed E-state index contributed by atoms with van der Waals surface area (Å²) in [5, 5.41) is 0.544. The van der Waals surface area contributed by atoms with Gasteiger partial charge in [-0.25, -0.2) is 9.97 Å². The lowest BCUT2D eigenvalue weighted by Crippen LogP contribution is -2.12. The lowest BCUT2D eigenvalue weighted by atomic mass is 10.1. The Bertz CT molecular complexity index is 261. The second kappa shape index (κ2) is 4.53. The first kappa shape index (κ1) is 10.4. The van der Waals surface area contributed by atoms with Crippen molar-refractivity contribution >= 4 is 11.6 Å². The minimum absolute atomic E-state index is 0.0581. The highest BCUT2D eigenvalue weighted by atomic mass is 35.5. The van der Waals surface area contributed by atoms with Gasteiger partial charge in [-0.15, -0.1) is 0 Å². The molecule has 0 aliphatic heterocycles. The maximum atomic E-state index is 5.67. The molecule has 0 unspecified atom stereocenters. The molecule has 0 saturated carbocycles. The Kier molecular flexibility index (Phi) is 3.63. The largest absolute Gasteiger partial charge is 0.373 e. The van der Waals surface area contributed by atoms with Gasteiger partial charge in [0, 0.05) is 19.5 Å². The molecule has 1 atom stereocenters. The Labute approximate surface area is 83.1 Å². The predicted octanol–water partition coefficient (Wildman–Crippen LogP) is 2.47. The second-order valence-corrected chi connectivity index (χ2v) is 3.60. The van der Waals surface area contributed by atoms with E-state index in [4.69, 9.17) is 16.3 Å². The number of nitrogens with zero attached hydrogens (tertiary/aromatic N) is 2.